The van der Waals surface area contributed by atoms with Crippen molar-refractivity contribution in [2.45, 2.75) is 43.8 Å². The average Bonchev–Trinajstić information content (AvgIpc) is 2.45. The molecule has 1 atom stereocenters. The third-order valence-corrected chi connectivity index (χ3v) is 3.40. The molecule has 1 fully saturated rings. The Morgan fingerprint density at radius 2 is 1.79 bits per heavy atom. The van der Waals surface area contributed by atoms with Crippen molar-refractivity contribution in [1.29, 1.82) is 0 Å². The first-order chi connectivity index (χ1) is 9.18. The lowest BCUT2D eigenvalue weighted by atomic mass is 9.85. The second-order valence-corrected chi connectivity index (χ2v) is 5.08. The number of aliphatic hydroxyl groups is 2. The Labute approximate surface area is 114 Å². The third-order valence-electron chi connectivity index (χ3n) is 3.40. The van der Waals surface area contributed by atoms with Crippen molar-refractivity contribution in [2.75, 3.05) is 0 Å². The Morgan fingerprint density at radius 1 is 1.11 bits per heavy atom. The first-order valence-corrected chi connectivity index (χ1v) is 6.84. The number of benzene rings is 1. The van der Waals surface area contributed by atoms with E-state index < -0.39 is 11.7 Å². The van der Waals surface area contributed by atoms with E-state index in [4.69, 9.17) is 0 Å². The van der Waals surface area contributed by atoms with E-state index in [1.807, 2.05) is 36.4 Å². The molecular weight excluding hydrogens is 236 g/mol. The fourth-order valence-corrected chi connectivity index (χ4v) is 2.28. The van der Waals surface area contributed by atoms with Crippen LogP contribution in [0.25, 0.3) is 6.08 Å². The second-order valence-electron chi connectivity index (χ2n) is 5.08. The number of aliphatic hydroxyl groups excluding tert-OH is 1. The van der Waals surface area contributed by atoms with Crippen molar-refractivity contribution in [1.82, 2.24) is 0 Å². The fourth-order valence-electron chi connectivity index (χ4n) is 2.28. The summed E-state index contributed by atoms with van der Waals surface area (Å²) in [5.74, 6) is 5.57. The van der Waals surface area contributed by atoms with Gasteiger partial charge in [-0.25, -0.2) is 0 Å². The van der Waals surface area contributed by atoms with Gasteiger partial charge in [-0.05, 0) is 37.3 Å². The SMILES string of the molecule is OC(C#CC1(O)CCCCC1)/C=C/c1ccccc1. The molecule has 1 unspecified atom stereocenters. The summed E-state index contributed by atoms with van der Waals surface area (Å²) in [4.78, 5) is 0. The van der Waals surface area contributed by atoms with Gasteiger partial charge < -0.3 is 10.2 Å². The van der Waals surface area contributed by atoms with E-state index in [0.717, 1.165) is 31.2 Å². The van der Waals surface area contributed by atoms with Crippen molar-refractivity contribution < 1.29 is 10.2 Å². The molecule has 1 aliphatic carbocycles. The highest BCUT2D eigenvalue weighted by atomic mass is 16.3. The van der Waals surface area contributed by atoms with E-state index >= 15 is 0 Å². The Bertz CT molecular complexity index is 473. The van der Waals surface area contributed by atoms with Crippen LogP contribution < -0.4 is 0 Å². The molecule has 1 aliphatic rings. The zero-order chi connectivity index (χ0) is 13.6. The summed E-state index contributed by atoms with van der Waals surface area (Å²) in [6, 6.07) is 9.77. The van der Waals surface area contributed by atoms with Crippen molar-refractivity contribution >= 4 is 6.08 Å². The van der Waals surface area contributed by atoms with Crippen LogP contribution in [0, 0.1) is 11.8 Å². The van der Waals surface area contributed by atoms with E-state index in [1.54, 1.807) is 6.08 Å². The van der Waals surface area contributed by atoms with Crippen LogP contribution in [-0.2, 0) is 0 Å². The molecule has 2 N–H and O–H groups in total. The van der Waals surface area contributed by atoms with Gasteiger partial charge in [0.1, 0.15) is 11.7 Å². The van der Waals surface area contributed by atoms with Gasteiger partial charge in [-0.15, -0.1) is 0 Å². The van der Waals surface area contributed by atoms with Gasteiger partial charge in [0.25, 0.3) is 0 Å². The van der Waals surface area contributed by atoms with Crippen LogP contribution in [0.3, 0.4) is 0 Å². The van der Waals surface area contributed by atoms with Gasteiger partial charge in [0, 0.05) is 0 Å². The Hall–Kier alpha value is -1.56. The highest BCUT2D eigenvalue weighted by Gasteiger charge is 2.26. The first-order valence-electron chi connectivity index (χ1n) is 6.84. The highest BCUT2D eigenvalue weighted by molar-refractivity contribution is 5.50. The van der Waals surface area contributed by atoms with Gasteiger partial charge >= 0.3 is 0 Å². The molecule has 0 spiro atoms. The van der Waals surface area contributed by atoms with Gasteiger partial charge in [-0.2, -0.15) is 0 Å². The van der Waals surface area contributed by atoms with Crippen molar-refractivity contribution in [2.24, 2.45) is 0 Å². The van der Waals surface area contributed by atoms with Gasteiger partial charge in [0.15, 0.2) is 0 Å². The zero-order valence-electron chi connectivity index (χ0n) is 11.0. The lowest BCUT2D eigenvalue weighted by Crippen LogP contribution is -2.29. The van der Waals surface area contributed by atoms with Crippen LogP contribution >= 0.6 is 0 Å². The molecule has 0 aromatic heterocycles. The highest BCUT2D eigenvalue weighted by Crippen LogP contribution is 2.27. The smallest absolute Gasteiger partial charge is 0.133 e. The zero-order valence-corrected chi connectivity index (χ0v) is 11.0. The summed E-state index contributed by atoms with van der Waals surface area (Å²) in [6.45, 7) is 0. The summed E-state index contributed by atoms with van der Waals surface area (Å²) >= 11 is 0. The molecule has 0 aliphatic heterocycles. The average molecular weight is 256 g/mol. The Balaban J connectivity index is 1.94. The lowest BCUT2D eigenvalue weighted by molar-refractivity contribution is 0.0606. The maximum absolute atomic E-state index is 10.2. The summed E-state index contributed by atoms with van der Waals surface area (Å²) in [6.07, 6.45) is 7.29. The van der Waals surface area contributed by atoms with Gasteiger partial charge in [0.05, 0.1) is 0 Å². The lowest BCUT2D eigenvalue weighted by Gasteiger charge is -2.26. The Kier molecular flexibility index (Phi) is 4.79. The van der Waals surface area contributed by atoms with E-state index in [0.29, 0.717) is 0 Å². The molecule has 0 bridgehead atoms. The summed E-state index contributed by atoms with van der Waals surface area (Å²) in [7, 11) is 0. The minimum Gasteiger partial charge on any atom is -0.378 e. The van der Waals surface area contributed by atoms with Crippen LogP contribution in [0.4, 0.5) is 0 Å². The predicted molar refractivity (Wildman–Crippen MR) is 77.3 cm³/mol. The van der Waals surface area contributed by atoms with E-state index in [1.165, 1.54) is 6.42 Å². The molecule has 0 saturated heterocycles. The normalized spacial score (nSPS) is 19.7. The molecule has 100 valence electrons. The molecule has 0 radical (unpaired) electrons. The molecule has 1 saturated carbocycles. The number of hydrogen-bond acceptors (Lipinski definition) is 2. The fraction of sp³-hybridized carbons (Fsp3) is 0.412. The minimum absolute atomic E-state index is 0.717. The molecule has 1 aromatic carbocycles. The third kappa shape index (κ3) is 4.55. The molecule has 1 aromatic rings. The number of hydrogen-bond donors (Lipinski definition) is 2. The monoisotopic (exact) mass is 256 g/mol. The van der Waals surface area contributed by atoms with Crippen LogP contribution in [0.15, 0.2) is 36.4 Å². The molecule has 0 heterocycles. The van der Waals surface area contributed by atoms with E-state index in [-0.39, 0.29) is 0 Å². The largest absolute Gasteiger partial charge is 0.378 e. The van der Waals surface area contributed by atoms with E-state index in [2.05, 4.69) is 11.8 Å². The van der Waals surface area contributed by atoms with Gasteiger partial charge in [-0.1, -0.05) is 54.7 Å². The molecule has 2 nitrogen and oxygen atoms in total. The van der Waals surface area contributed by atoms with E-state index in [9.17, 15) is 10.2 Å². The molecule has 2 rings (SSSR count). The van der Waals surface area contributed by atoms with Crippen LogP contribution in [0.1, 0.15) is 37.7 Å². The van der Waals surface area contributed by atoms with Crippen LogP contribution in [0.5, 0.6) is 0 Å². The summed E-state index contributed by atoms with van der Waals surface area (Å²) < 4.78 is 0. The van der Waals surface area contributed by atoms with Crippen LogP contribution in [0.2, 0.25) is 0 Å². The summed E-state index contributed by atoms with van der Waals surface area (Å²) in [5.41, 5.74) is 0.138. The van der Waals surface area contributed by atoms with Crippen LogP contribution in [-0.4, -0.2) is 21.9 Å². The second kappa shape index (κ2) is 6.56. The minimum atomic E-state index is -0.889. The summed E-state index contributed by atoms with van der Waals surface area (Å²) in [5, 5.41) is 20.0. The first kappa shape index (κ1) is 13.9. The maximum Gasteiger partial charge on any atom is 0.133 e. The van der Waals surface area contributed by atoms with Gasteiger partial charge in [0.2, 0.25) is 0 Å². The maximum atomic E-state index is 10.2. The molecule has 0 amide bonds. The van der Waals surface area contributed by atoms with Crippen molar-refractivity contribution in [3.63, 3.8) is 0 Å². The van der Waals surface area contributed by atoms with Gasteiger partial charge in [-0.3, -0.25) is 0 Å². The van der Waals surface area contributed by atoms with Crippen molar-refractivity contribution in [3.05, 3.63) is 42.0 Å². The molecule has 19 heavy (non-hydrogen) atoms. The van der Waals surface area contributed by atoms with Crippen molar-refractivity contribution in [3.8, 4) is 11.8 Å². The Morgan fingerprint density at radius 3 is 2.47 bits per heavy atom. The molecular formula is C17H20O2. The quantitative estimate of drug-likeness (QED) is 0.799. The predicted octanol–water partition coefficient (Wildman–Crippen LogP) is 2.76. The molecule has 2 heteroatoms. The number of rotatable bonds is 2. The topological polar surface area (TPSA) is 40.5 Å². The standard InChI is InChI=1S/C17H20O2/c18-16(10-9-15-7-3-1-4-8-15)11-14-17(19)12-5-2-6-13-17/h1,3-4,7-10,16,18-19H,2,5-6,12-13H2/b10-9+.